The Morgan fingerprint density at radius 3 is 2.28 bits per heavy atom. The molecule has 1 aliphatic heterocycles. The first kappa shape index (κ1) is 21.2. The topological polar surface area (TPSA) is 107 Å². The predicted molar refractivity (Wildman–Crippen MR) is 99.1 cm³/mol. The van der Waals surface area contributed by atoms with E-state index in [0.717, 1.165) is 55.1 Å². The number of halogens is 3. The van der Waals surface area contributed by atoms with Crippen molar-refractivity contribution in [2.24, 2.45) is 5.41 Å². The Bertz CT molecular complexity index is 892. The van der Waals surface area contributed by atoms with Gasteiger partial charge in [0.05, 0.1) is 15.6 Å². The third-order valence-electron chi connectivity index (χ3n) is 4.97. The summed E-state index contributed by atoms with van der Waals surface area (Å²) in [7, 11) is 0. The Morgan fingerprint density at radius 2 is 1.76 bits per heavy atom. The first-order chi connectivity index (χ1) is 13.6. The van der Waals surface area contributed by atoms with Crippen LogP contribution in [0.5, 0.6) is 0 Å². The van der Waals surface area contributed by atoms with Gasteiger partial charge in [0.1, 0.15) is 12.1 Å². The highest BCUT2D eigenvalue weighted by Gasteiger charge is 2.51. The molecule has 2 aromatic rings. The number of carboxylic acid groups (broad SMARTS) is 2. The van der Waals surface area contributed by atoms with E-state index in [1.54, 1.807) is 17.7 Å². The maximum atomic E-state index is 11.3. The minimum Gasteiger partial charge on any atom is -0.481 e. The number of thiophene rings is 1. The summed E-state index contributed by atoms with van der Waals surface area (Å²) in [6.45, 7) is 4.26. The molecule has 8 nitrogen and oxygen atoms in total. The van der Waals surface area contributed by atoms with Crippen molar-refractivity contribution < 1.29 is 33.0 Å². The van der Waals surface area contributed by atoms with E-state index in [1.807, 2.05) is 11.4 Å². The number of hydrogen-bond acceptors (Lipinski definition) is 7. The van der Waals surface area contributed by atoms with Crippen molar-refractivity contribution in [2.45, 2.75) is 19.0 Å². The van der Waals surface area contributed by atoms with Crippen molar-refractivity contribution in [2.75, 3.05) is 37.6 Å². The summed E-state index contributed by atoms with van der Waals surface area (Å²) in [6.07, 6.45) is -1.81. The van der Waals surface area contributed by atoms with Crippen molar-refractivity contribution in [3.63, 3.8) is 0 Å². The van der Waals surface area contributed by atoms with Crippen molar-refractivity contribution >= 4 is 39.3 Å². The average Bonchev–Trinajstić information content (AvgIpc) is 3.28. The maximum absolute atomic E-state index is 11.3. The fourth-order valence-electron chi connectivity index (χ4n) is 3.14. The van der Waals surface area contributed by atoms with Crippen LogP contribution in [0.3, 0.4) is 0 Å². The van der Waals surface area contributed by atoms with Crippen LogP contribution in [-0.4, -0.2) is 75.9 Å². The molecule has 1 aliphatic carbocycles. The van der Waals surface area contributed by atoms with E-state index in [2.05, 4.69) is 19.8 Å². The molecule has 1 saturated heterocycles. The Kier molecular flexibility index (Phi) is 5.94. The number of fused-ring (bicyclic) bond motifs is 1. The van der Waals surface area contributed by atoms with Crippen molar-refractivity contribution in [1.29, 1.82) is 0 Å². The number of carboxylic acids is 2. The highest BCUT2D eigenvalue weighted by atomic mass is 32.1. The molecule has 12 heteroatoms. The van der Waals surface area contributed by atoms with E-state index in [4.69, 9.17) is 9.90 Å². The molecule has 2 aromatic heterocycles. The van der Waals surface area contributed by atoms with Gasteiger partial charge in [0.15, 0.2) is 0 Å². The summed E-state index contributed by atoms with van der Waals surface area (Å²) in [5.74, 6) is -2.38. The molecule has 0 unspecified atom stereocenters. The van der Waals surface area contributed by atoms with Gasteiger partial charge in [-0.2, -0.15) is 13.2 Å². The van der Waals surface area contributed by atoms with Crippen LogP contribution >= 0.6 is 11.3 Å². The minimum atomic E-state index is -5.08. The molecule has 29 heavy (non-hydrogen) atoms. The van der Waals surface area contributed by atoms with Crippen molar-refractivity contribution in [1.82, 2.24) is 14.9 Å². The SMILES string of the molecule is O=C(O)C(F)(F)F.O=C(O)C1(CN2CCN(c3ncnc4ccsc34)CC2)CC1. The normalized spacial score (nSPS) is 18.8. The molecule has 2 fully saturated rings. The van der Waals surface area contributed by atoms with Gasteiger partial charge in [0.2, 0.25) is 0 Å². The molecular formula is C17H19F3N4O4S. The number of carbonyl (C=O) groups is 2. The molecule has 2 aliphatic rings. The number of aliphatic carboxylic acids is 2. The number of aromatic nitrogens is 2. The Balaban J connectivity index is 0.000000298. The van der Waals surface area contributed by atoms with E-state index in [0.29, 0.717) is 6.54 Å². The lowest BCUT2D eigenvalue weighted by Crippen LogP contribution is -2.49. The largest absolute Gasteiger partial charge is 0.490 e. The summed E-state index contributed by atoms with van der Waals surface area (Å²) in [4.78, 5) is 33.5. The number of hydrogen-bond donors (Lipinski definition) is 2. The number of nitrogens with zero attached hydrogens (tertiary/aromatic N) is 4. The zero-order chi connectivity index (χ0) is 21.2. The van der Waals surface area contributed by atoms with E-state index in [-0.39, 0.29) is 0 Å². The predicted octanol–water partition coefficient (Wildman–Crippen LogP) is 2.31. The van der Waals surface area contributed by atoms with Crippen molar-refractivity contribution in [3.05, 3.63) is 17.8 Å². The number of alkyl halides is 3. The smallest absolute Gasteiger partial charge is 0.481 e. The molecule has 0 bridgehead atoms. The van der Waals surface area contributed by atoms with Gasteiger partial charge in [0, 0.05) is 32.7 Å². The highest BCUT2D eigenvalue weighted by molar-refractivity contribution is 7.17. The molecule has 158 valence electrons. The van der Waals surface area contributed by atoms with Crippen LogP contribution in [0.2, 0.25) is 0 Å². The van der Waals surface area contributed by atoms with Gasteiger partial charge in [-0.3, -0.25) is 9.69 Å². The molecule has 0 spiro atoms. The molecule has 3 heterocycles. The lowest BCUT2D eigenvalue weighted by Gasteiger charge is -2.36. The van der Waals surface area contributed by atoms with E-state index in [9.17, 15) is 23.1 Å². The van der Waals surface area contributed by atoms with Gasteiger partial charge in [-0.15, -0.1) is 11.3 Å². The van der Waals surface area contributed by atoms with Gasteiger partial charge in [0.25, 0.3) is 0 Å². The first-order valence-corrected chi connectivity index (χ1v) is 9.69. The van der Waals surface area contributed by atoms with E-state index in [1.165, 1.54) is 0 Å². The summed E-state index contributed by atoms with van der Waals surface area (Å²) in [5, 5.41) is 18.5. The van der Waals surface area contributed by atoms with Crippen LogP contribution in [0.1, 0.15) is 12.8 Å². The standard InChI is InChI=1S/C15H18N4O2S.C2HF3O2/c20-14(21)15(2-3-15)9-18-4-6-19(7-5-18)13-12-11(1-8-22-12)16-10-17-13;3-2(4,5)1(6)7/h1,8,10H,2-7,9H2,(H,20,21);(H,6,7). The van der Waals surface area contributed by atoms with Crippen LogP contribution in [-0.2, 0) is 9.59 Å². The van der Waals surface area contributed by atoms with Gasteiger partial charge in [-0.25, -0.2) is 14.8 Å². The second kappa shape index (κ2) is 8.11. The molecule has 2 N–H and O–H groups in total. The number of piperazine rings is 1. The molecule has 1 saturated carbocycles. The lowest BCUT2D eigenvalue weighted by atomic mass is 10.1. The maximum Gasteiger partial charge on any atom is 0.490 e. The zero-order valence-electron chi connectivity index (χ0n) is 15.2. The van der Waals surface area contributed by atoms with Crippen LogP contribution < -0.4 is 4.90 Å². The third kappa shape index (κ3) is 4.93. The lowest BCUT2D eigenvalue weighted by molar-refractivity contribution is -0.192. The highest BCUT2D eigenvalue weighted by Crippen LogP contribution is 2.46. The summed E-state index contributed by atoms with van der Waals surface area (Å²) >= 11 is 1.67. The number of anilines is 1. The Hall–Kier alpha value is -2.47. The fraction of sp³-hybridized carbons (Fsp3) is 0.529. The minimum absolute atomic E-state index is 0.460. The van der Waals surface area contributed by atoms with Gasteiger partial charge in [-0.05, 0) is 24.3 Å². The van der Waals surface area contributed by atoms with E-state index < -0.39 is 23.5 Å². The first-order valence-electron chi connectivity index (χ1n) is 8.81. The van der Waals surface area contributed by atoms with Gasteiger partial charge >= 0.3 is 18.1 Å². The van der Waals surface area contributed by atoms with Crippen LogP contribution in [0.4, 0.5) is 19.0 Å². The van der Waals surface area contributed by atoms with E-state index >= 15 is 0 Å². The van der Waals surface area contributed by atoms with Gasteiger partial charge < -0.3 is 15.1 Å². The number of rotatable bonds is 4. The molecule has 4 rings (SSSR count). The van der Waals surface area contributed by atoms with Crippen molar-refractivity contribution in [3.8, 4) is 0 Å². The molecule has 0 aromatic carbocycles. The molecule has 0 amide bonds. The second-order valence-corrected chi connectivity index (χ2v) is 7.90. The van der Waals surface area contributed by atoms with Crippen LogP contribution in [0.15, 0.2) is 17.8 Å². The fourth-order valence-corrected chi connectivity index (χ4v) is 4.00. The van der Waals surface area contributed by atoms with Gasteiger partial charge in [-0.1, -0.05) is 0 Å². The third-order valence-corrected chi connectivity index (χ3v) is 5.87. The zero-order valence-corrected chi connectivity index (χ0v) is 16.0. The van der Waals surface area contributed by atoms with Crippen LogP contribution in [0, 0.1) is 5.41 Å². The summed E-state index contributed by atoms with van der Waals surface area (Å²) < 4.78 is 32.9. The average molecular weight is 432 g/mol. The summed E-state index contributed by atoms with van der Waals surface area (Å²) in [6, 6.07) is 2.02. The monoisotopic (exact) mass is 432 g/mol. The van der Waals surface area contributed by atoms with Crippen LogP contribution in [0.25, 0.3) is 10.2 Å². The summed E-state index contributed by atoms with van der Waals surface area (Å²) in [5.41, 5.74) is 0.540. The Morgan fingerprint density at radius 1 is 1.14 bits per heavy atom. The molecule has 0 atom stereocenters. The molecule has 0 radical (unpaired) electrons. The quantitative estimate of drug-likeness (QED) is 0.758. The second-order valence-electron chi connectivity index (χ2n) is 6.98. The molecular weight excluding hydrogens is 413 g/mol. The Labute approximate surface area is 167 Å².